The van der Waals surface area contributed by atoms with Crippen LogP contribution in [-0.4, -0.2) is 28.7 Å². The molecule has 0 amide bonds. The van der Waals surface area contributed by atoms with Crippen LogP contribution in [0.4, 0.5) is 0 Å². The molecule has 0 bridgehead atoms. The van der Waals surface area contributed by atoms with Crippen LogP contribution in [0.2, 0.25) is 0 Å². The van der Waals surface area contributed by atoms with E-state index in [4.69, 9.17) is 4.74 Å². The summed E-state index contributed by atoms with van der Waals surface area (Å²) in [5.74, 6) is 2.06. The molecule has 1 saturated heterocycles. The molecule has 1 fully saturated rings. The van der Waals surface area contributed by atoms with Crippen molar-refractivity contribution in [3.63, 3.8) is 0 Å². The summed E-state index contributed by atoms with van der Waals surface area (Å²) in [5, 5.41) is 0. The van der Waals surface area contributed by atoms with Crippen molar-refractivity contribution in [2.75, 3.05) is 18.1 Å². The fourth-order valence-electron chi connectivity index (χ4n) is 0.770. The van der Waals surface area contributed by atoms with Gasteiger partial charge in [-0.1, -0.05) is 6.58 Å². The molecule has 0 spiro atoms. The Bertz CT molecular complexity index is 185. The second-order valence-corrected chi connectivity index (χ2v) is 5.47. The highest BCUT2D eigenvalue weighted by Crippen LogP contribution is 2.31. The summed E-state index contributed by atoms with van der Waals surface area (Å²) in [6, 6.07) is 0. The Labute approximate surface area is 81.1 Å². The summed E-state index contributed by atoms with van der Waals surface area (Å²) < 4.78 is 5.45. The minimum absolute atomic E-state index is 0.275. The summed E-state index contributed by atoms with van der Waals surface area (Å²) in [4.78, 5) is 11.0. The molecule has 68 valence electrons. The molecule has 1 aliphatic heterocycles. The summed E-state index contributed by atoms with van der Waals surface area (Å²) in [5.41, 5.74) is 0.475. The van der Waals surface area contributed by atoms with Gasteiger partial charge in [-0.05, 0) is 6.92 Å². The van der Waals surface area contributed by atoms with Gasteiger partial charge in [0.2, 0.25) is 0 Å². The number of carbonyl (C=O) groups is 1. The molecular formula is C8H12O2S2. The Morgan fingerprint density at radius 2 is 2.17 bits per heavy atom. The van der Waals surface area contributed by atoms with Crippen LogP contribution in [0, 0.1) is 0 Å². The highest BCUT2D eigenvalue weighted by atomic mass is 32.2. The van der Waals surface area contributed by atoms with Gasteiger partial charge in [0.05, 0.1) is 4.58 Å². The van der Waals surface area contributed by atoms with Gasteiger partial charge < -0.3 is 4.74 Å². The lowest BCUT2D eigenvalue weighted by atomic mass is 10.4. The van der Waals surface area contributed by atoms with Crippen molar-refractivity contribution in [1.82, 2.24) is 0 Å². The van der Waals surface area contributed by atoms with Gasteiger partial charge in [-0.25, -0.2) is 4.79 Å². The lowest BCUT2D eigenvalue weighted by molar-refractivity contribution is -0.138. The summed E-state index contributed by atoms with van der Waals surface area (Å²) in [7, 11) is 0. The lowest BCUT2D eigenvalue weighted by Crippen LogP contribution is -2.12. The fraction of sp³-hybridized carbons (Fsp3) is 0.625. The summed E-state index contributed by atoms with van der Waals surface area (Å²) in [6.07, 6.45) is 0. The highest BCUT2D eigenvalue weighted by molar-refractivity contribution is 8.20. The van der Waals surface area contributed by atoms with Crippen LogP contribution in [0.1, 0.15) is 6.92 Å². The third-order valence-corrected chi connectivity index (χ3v) is 4.36. The predicted octanol–water partition coefficient (Wildman–Crippen LogP) is 1.91. The van der Waals surface area contributed by atoms with Gasteiger partial charge in [0.15, 0.2) is 0 Å². The Morgan fingerprint density at radius 1 is 1.58 bits per heavy atom. The van der Waals surface area contributed by atoms with Crippen molar-refractivity contribution in [1.29, 1.82) is 0 Å². The van der Waals surface area contributed by atoms with Gasteiger partial charge in [-0.3, -0.25) is 0 Å². The zero-order chi connectivity index (χ0) is 8.97. The van der Waals surface area contributed by atoms with Crippen molar-refractivity contribution in [3.05, 3.63) is 12.2 Å². The van der Waals surface area contributed by atoms with Crippen molar-refractivity contribution in [2.45, 2.75) is 11.5 Å². The fourth-order valence-corrected chi connectivity index (χ4v) is 3.36. The van der Waals surface area contributed by atoms with Gasteiger partial charge >= 0.3 is 5.97 Å². The Balaban J connectivity index is 2.16. The second kappa shape index (κ2) is 4.82. The van der Waals surface area contributed by atoms with E-state index < -0.39 is 0 Å². The Hall–Kier alpha value is -0.0900. The number of esters is 1. The maximum Gasteiger partial charge on any atom is 0.333 e. The smallest absolute Gasteiger partial charge is 0.333 e. The van der Waals surface area contributed by atoms with Crippen molar-refractivity contribution < 1.29 is 9.53 Å². The molecule has 0 aromatic heterocycles. The van der Waals surface area contributed by atoms with Crippen LogP contribution < -0.4 is 0 Å². The normalized spacial score (nSPS) is 17.8. The van der Waals surface area contributed by atoms with E-state index in [9.17, 15) is 4.79 Å². The molecule has 12 heavy (non-hydrogen) atoms. The molecule has 0 radical (unpaired) electrons. The number of rotatable bonds is 3. The average Bonchev–Trinajstić information content (AvgIpc) is 2.51. The minimum Gasteiger partial charge on any atom is -0.460 e. The quantitative estimate of drug-likeness (QED) is 0.518. The topological polar surface area (TPSA) is 26.3 Å². The molecule has 0 aromatic rings. The Kier molecular flexibility index (Phi) is 4.01. The van der Waals surface area contributed by atoms with Crippen LogP contribution >= 0.6 is 23.5 Å². The van der Waals surface area contributed by atoms with E-state index in [-0.39, 0.29) is 5.97 Å². The molecule has 1 aliphatic rings. The highest BCUT2D eigenvalue weighted by Gasteiger charge is 2.17. The molecule has 0 aliphatic carbocycles. The zero-order valence-electron chi connectivity index (χ0n) is 7.04. The van der Waals surface area contributed by atoms with Gasteiger partial charge in [-0.2, -0.15) is 0 Å². The molecule has 0 atom stereocenters. The van der Waals surface area contributed by atoms with Gasteiger partial charge in [0.1, 0.15) is 6.61 Å². The number of thioether (sulfide) groups is 2. The monoisotopic (exact) mass is 204 g/mol. The lowest BCUT2D eigenvalue weighted by Gasteiger charge is -2.08. The molecule has 2 nitrogen and oxygen atoms in total. The molecule has 4 heteroatoms. The van der Waals surface area contributed by atoms with Crippen molar-refractivity contribution >= 4 is 29.5 Å². The molecular weight excluding hydrogens is 192 g/mol. The van der Waals surface area contributed by atoms with Crippen LogP contribution in [0.25, 0.3) is 0 Å². The average molecular weight is 204 g/mol. The van der Waals surface area contributed by atoms with Crippen LogP contribution in [0.3, 0.4) is 0 Å². The summed E-state index contributed by atoms with van der Waals surface area (Å²) >= 11 is 3.70. The van der Waals surface area contributed by atoms with Crippen molar-refractivity contribution in [3.8, 4) is 0 Å². The van der Waals surface area contributed by atoms with E-state index in [1.165, 1.54) is 11.5 Å². The predicted molar refractivity (Wildman–Crippen MR) is 54.5 cm³/mol. The summed E-state index contributed by atoms with van der Waals surface area (Å²) in [6.45, 7) is 5.69. The molecule has 0 saturated carbocycles. The van der Waals surface area contributed by atoms with E-state index in [1.807, 2.05) is 23.5 Å². The maximum absolute atomic E-state index is 11.0. The van der Waals surface area contributed by atoms with Crippen LogP contribution in [0.15, 0.2) is 12.2 Å². The third-order valence-electron chi connectivity index (χ3n) is 1.39. The largest absolute Gasteiger partial charge is 0.460 e. The zero-order valence-corrected chi connectivity index (χ0v) is 8.67. The van der Waals surface area contributed by atoms with Crippen LogP contribution in [0.5, 0.6) is 0 Å². The first-order valence-corrected chi connectivity index (χ1v) is 5.85. The maximum atomic E-state index is 11.0. The molecule has 0 unspecified atom stereocenters. The van der Waals surface area contributed by atoms with E-state index in [1.54, 1.807) is 6.92 Å². The van der Waals surface area contributed by atoms with Crippen molar-refractivity contribution in [2.24, 2.45) is 0 Å². The third kappa shape index (κ3) is 3.11. The first-order chi connectivity index (χ1) is 5.70. The standard InChI is InChI=1S/C8H12O2S2/c1-6(2)8(9)10-5-7-11-3-4-12-7/h7H,1,3-5H2,2H3. The number of ether oxygens (including phenoxy) is 1. The van der Waals surface area contributed by atoms with E-state index in [0.29, 0.717) is 16.8 Å². The molecule has 1 heterocycles. The minimum atomic E-state index is -0.275. The van der Waals surface area contributed by atoms with Gasteiger partial charge in [-0.15, -0.1) is 23.5 Å². The Morgan fingerprint density at radius 3 is 2.67 bits per heavy atom. The van der Waals surface area contributed by atoms with E-state index in [2.05, 4.69) is 6.58 Å². The molecule has 1 rings (SSSR count). The first kappa shape index (κ1) is 9.99. The molecule has 0 N–H and O–H groups in total. The SMILES string of the molecule is C=C(C)C(=O)OCC1SCCS1. The number of hydrogen-bond acceptors (Lipinski definition) is 4. The van der Waals surface area contributed by atoms with Gasteiger partial charge in [0.25, 0.3) is 0 Å². The van der Waals surface area contributed by atoms with E-state index >= 15 is 0 Å². The second-order valence-electron chi connectivity index (χ2n) is 2.55. The molecule has 0 aromatic carbocycles. The number of carbonyl (C=O) groups excluding carboxylic acids is 1. The first-order valence-electron chi connectivity index (χ1n) is 3.76. The van der Waals surface area contributed by atoms with Gasteiger partial charge in [0, 0.05) is 17.1 Å². The number of hydrogen-bond donors (Lipinski definition) is 0. The van der Waals surface area contributed by atoms with E-state index in [0.717, 1.165) is 0 Å². The van der Waals surface area contributed by atoms with Crippen LogP contribution in [-0.2, 0) is 9.53 Å².